The number of aromatic nitrogens is 1. The lowest BCUT2D eigenvalue weighted by Gasteiger charge is -2.24. The Morgan fingerprint density at radius 3 is 2.90 bits per heavy atom. The Morgan fingerprint density at radius 1 is 1.40 bits per heavy atom. The Balaban J connectivity index is 1.71. The molecule has 3 rings (SSSR count). The van der Waals surface area contributed by atoms with E-state index in [1.807, 2.05) is 0 Å². The lowest BCUT2D eigenvalue weighted by atomic mass is 9.79. The van der Waals surface area contributed by atoms with Gasteiger partial charge in [0.15, 0.2) is 5.69 Å². The van der Waals surface area contributed by atoms with Crippen molar-refractivity contribution in [2.75, 3.05) is 19.6 Å². The van der Waals surface area contributed by atoms with Gasteiger partial charge in [-0.05, 0) is 32.6 Å². The number of hydrogen-bond donors (Lipinski definition) is 1. The van der Waals surface area contributed by atoms with E-state index in [9.17, 15) is 9.59 Å². The van der Waals surface area contributed by atoms with E-state index in [0.717, 1.165) is 32.2 Å². The van der Waals surface area contributed by atoms with Crippen LogP contribution in [0.4, 0.5) is 0 Å². The van der Waals surface area contributed by atoms with Gasteiger partial charge in [-0.15, -0.1) is 0 Å². The van der Waals surface area contributed by atoms with E-state index in [-0.39, 0.29) is 17.2 Å². The first kappa shape index (κ1) is 13.1. The van der Waals surface area contributed by atoms with Crippen LogP contribution in [0.3, 0.4) is 0 Å². The Hall–Kier alpha value is -1.85. The number of aryl methyl sites for hydroxylation is 1. The molecule has 1 aromatic rings. The van der Waals surface area contributed by atoms with E-state index >= 15 is 0 Å². The molecule has 0 bridgehead atoms. The molecule has 0 aliphatic carbocycles. The molecule has 2 amide bonds. The van der Waals surface area contributed by atoms with Crippen LogP contribution in [0, 0.1) is 12.3 Å². The van der Waals surface area contributed by atoms with Crippen molar-refractivity contribution in [3.05, 3.63) is 17.5 Å². The standard InChI is InChI=1S/C14H19N3O3/c1-10-9-11(16-20-10)12(18)17-7-2-3-14(5-8-17)4-6-15-13(14)19/h9H,2-8H2,1H3,(H,15,19). The molecule has 0 saturated carbocycles. The zero-order valence-electron chi connectivity index (χ0n) is 11.6. The van der Waals surface area contributed by atoms with Crippen LogP contribution in [0.15, 0.2) is 10.6 Å². The fraction of sp³-hybridized carbons (Fsp3) is 0.643. The maximum atomic E-state index is 12.4. The quantitative estimate of drug-likeness (QED) is 0.834. The SMILES string of the molecule is Cc1cc(C(=O)N2CCCC3(CCNC3=O)CC2)no1. The van der Waals surface area contributed by atoms with Crippen molar-refractivity contribution in [1.82, 2.24) is 15.4 Å². The number of carbonyl (C=O) groups excluding carboxylic acids is 2. The van der Waals surface area contributed by atoms with Crippen molar-refractivity contribution in [1.29, 1.82) is 0 Å². The highest BCUT2D eigenvalue weighted by molar-refractivity contribution is 5.92. The molecule has 1 atom stereocenters. The lowest BCUT2D eigenvalue weighted by Crippen LogP contribution is -2.35. The summed E-state index contributed by atoms with van der Waals surface area (Å²) in [6.07, 6.45) is 3.34. The van der Waals surface area contributed by atoms with Gasteiger partial charge in [-0.3, -0.25) is 9.59 Å². The van der Waals surface area contributed by atoms with Crippen LogP contribution in [-0.4, -0.2) is 41.5 Å². The van der Waals surface area contributed by atoms with Gasteiger partial charge in [0.25, 0.3) is 5.91 Å². The minimum Gasteiger partial charge on any atom is -0.361 e. The van der Waals surface area contributed by atoms with Crippen molar-refractivity contribution in [2.45, 2.75) is 32.6 Å². The van der Waals surface area contributed by atoms with Crippen molar-refractivity contribution >= 4 is 11.8 Å². The fourth-order valence-corrected chi connectivity index (χ4v) is 3.22. The first-order valence-corrected chi connectivity index (χ1v) is 7.12. The lowest BCUT2D eigenvalue weighted by molar-refractivity contribution is -0.128. The molecule has 1 unspecified atom stereocenters. The minimum atomic E-state index is -0.255. The van der Waals surface area contributed by atoms with Crippen LogP contribution >= 0.6 is 0 Å². The van der Waals surface area contributed by atoms with Crippen LogP contribution in [0.25, 0.3) is 0 Å². The summed E-state index contributed by atoms with van der Waals surface area (Å²) in [7, 11) is 0. The monoisotopic (exact) mass is 277 g/mol. The molecular weight excluding hydrogens is 258 g/mol. The first-order valence-electron chi connectivity index (χ1n) is 7.12. The highest BCUT2D eigenvalue weighted by Crippen LogP contribution is 2.38. The number of hydrogen-bond acceptors (Lipinski definition) is 4. The number of amides is 2. The van der Waals surface area contributed by atoms with E-state index in [1.54, 1.807) is 17.9 Å². The average molecular weight is 277 g/mol. The van der Waals surface area contributed by atoms with Gasteiger partial charge >= 0.3 is 0 Å². The molecule has 0 aromatic carbocycles. The van der Waals surface area contributed by atoms with Crippen LogP contribution < -0.4 is 5.32 Å². The molecular formula is C14H19N3O3. The van der Waals surface area contributed by atoms with E-state index in [2.05, 4.69) is 10.5 Å². The summed E-state index contributed by atoms with van der Waals surface area (Å²) in [5.74, 6) is 0.691. The summed E-state index contributed by atoms with van der Waals surface area (Å²) >= 11 is 0. The summed E-state index contributed by atoms with van der Waals surface area (Å²) in [4.78, 5) is 26.2. The molecule has 1 aromatic heterocycles. The predicted octanol–water partition coefficient (Wildman–Crippen LogP) is 1.12. The molecule has 2 aliphatic rings. The van der Waals surface area contributed by atoms with Gasteiger partial charge < -0.3 is 14.7 Å². The van der Waals surface area contributed by atoms with Gasteiger partial charge in [0, 0.05) is 25.7 Å². The van der Waals surface area contributed by atoms with Gasteiger partial charge in [-0.25, -0.2) is 0 Å². The van der Waals surface area contributed by atoms with Gasteiger partial charge in [0.2, 0.25) is 5.91 Å². The van der Waals surface area contributed by atoms with Crippen molar-refractivity contribution < 1.29 is 14.1 Å². The second kappa shape index (κ2) is 4.92. The van der Waals surface area contributed by atoms with Gasteiger partial charge in [0.05, 0.1) is 5.41 Å². The van der Waals surface area contributed by atoms with Crippen molar-refractivity contribution in [3.63, 3.8) is 0 Å². The topological polar surface area (TPSA) is 75.4 Å². The number of nitrogens with one attached hydrogen (secondary N) is 1. The highest BCUT2D eigenvalue weighted by Gasteiger charge is 2.43. The summed E-state index contributed by atoms with van der Waals surface area (Å²) in [5, 5.41) is 6.70. The number of likely N-dealkylation sites (tertiary alicyclic amines) is 1. The van der Waals surface area contributed by atoms with Gasteiger partial charge in [-0.2, -0.15) is 0 Å². The summed E-state index contributed by atoms with van der Waals surface area (Å²) in [6.45, 7) is 3.82. The molecule has 2 aliphatic heterocycles. The molecule has 6 nitrogen and oxygen atoms in total. The summed E-state index contributed by atoms with van der Waals surface area (Å²) in [6, 6.07) is 1.66. The Labute approximate surface area is 117 Å². The second-order valence-corrected chi connectivity index (χ2v) is 5.75. The van der Waals surface area contributed by atoms with Gasteiger partial charge in [-0.1, -0.05) is 5.16 Å². The van der Waals surface area contributed by atoms with E-state index in [4.69, 9.17) is 4.52 Å². The predicted molar refractivity (Wildman–Crippen MR) is 71.1 cm³/mol. The average Bonchev–Trinajstić information content (AvgIpc) is 2.93. The second-order valence-electron chi connectivity index (χ2n) is 5.75. The van der Waals surface area contributed by atoms with Crippen molar-refractivity contribution in [3.8, 4) is 0 Å². The van der Waals surface area contributed by atoms with Crippen LogP contribution in [0.1, 0.15) is 41.9 Å². The third kappa shape index (κ3) is 2.19. The molecule has 20 heavy (non-hydrogen) atoms. The van der Waals surface area contributed by atoms with Crippen LogP contribution in [0.5, 0.6) is 0 Å². The Bertz CT molecular complexity index is 540. The first-order chi connectivity index (χ1) is 9.61. The fourth-order valence-electron chi connectivity index (χ4n) is 3.22. The largest absolute Gasteiger partial charge is 0.361 e. The normalized spacial score (nSPS) is 26.6. The summed E-state index contributed by atoms with van der Waals surface area (Å²) in [5.41, 5.74) is 0.101. The van der Waals surface area contributed by atoms with Crippen LogP contribution in [0.2, 0.25) is 0 Å². The number of nitrogens with zero attached hydrogens (tertiary/aromatic N) is 2. The van der Waals surface area contributed by atoms with E-state index < -0.39 is 0 Å². The smallest absolute Gasteiger partial charge is 0.276 e. The minimum absolute atomic E-state index is 0.0997. The summed E-state index contributed by atoms with van der Waals surface area (Å²) < 4.78 is 4.96. The molecule has 0 radical (unpaired) electrons. The molecule has 108 valence electrons. The third-order valence-corrected chi connectivity index (χ3v) is 4.45. The molecule has 2 fully saturated rings. The van der Waals surface area contributed by atoms with E-state index in [1.165, 1.54) is 0 Å². The third-order valence-electron chi connectivity index (χ3n) is 4.45. The zero-order chi connectivity index (χ0) is 14.2. The Kier molecular flexibility index (Phi) is 3.23. The molecule has 6 heteroatoms. The maximum Gasteiger partial charge on any atom is 0.276 e. The van der Waals surface area contributed by atoms with Gasteiger partial charge in [0.1, 0.15) is 5.76 Å². The number of carbonyl (C=O) groups is 2. The van der Waals surface area contributed by atoms with E-state index in [0.29, 0.717) is 24.5 Å². The van der Waals surface area contributed by atoms with Crippen LogP contribution in [-0.2, 0) is 4.79 Å². The molecule has 2 saturated heterocycles. The van der Waals surface area contributed by atoms with Crippen molar-refractivity contribution in [2.24, 2.45) is 5.41 Å². The number of rotatable bonds is 1. The highest BCUT2D eigenvalue weighted by atomic mass is 16.5. The zero-order valence-corrected chi connectivity index (χ0v) is 11.6. The molecule has 1 N–H and O–H groups in total. The Morgan fingerprint density at radius 2 is 2.25 bits per heavy atom. The maximum absolute atomic E-state index is 12.4. The molecule has 3 heterocycles. The molecule has 1 spiro atoms.